The normalized spacial score (nSPS) is 10.9. The Morgan fingerprint density at radius 2 is 2.00 bits per heavy atom. The third-order valence-electron chi connectivity index (χ3n) is 2.17. The fourth-order valence-corrected chi connectivity index (χ4v) is 1.39. The molecule has 1 aromatic rings. The van der Waals surface area contributed by atoms with Crippen molar-refractivity contribution in [3.05, 3.63) is 41.0 Å². The van der Waals surface area contributed by atoms with Gasteiger partial charge in [0.25, 0.3) is 0 Å². The molecule has 5 heteroatoms. The van der Waals surface area contributed by atoms with Gasteiger partial charge in [-0.15, -0.1) is 0 Å². The predicted molar refractivity (Wildman–Crippen MR) is 68.2 cm³/mol. The molecule has 0 bridgehead atoms. The monoisotopic (exact) mass is 259 g/mol. The molecule has 1 N–H and O–H groups in total. The quantitative estimate of drug-likeness (QED) is 0.509. The molecule has 0 saturated heterocycles. The number of carboxylic acids is 1. The minimum absolute atomic E-state index is 0.0209. The molecule has 98 valence electrons. The lowest BCUT2D eigenvalue weighted by atomic mass is 10.1. The highest BCUT2D eigenvalue weighted by Crippen LogP contribution is 2.14. The molecule has 0 aliphatic heterocycles. The van der Waals surface area contributed by atoms with E-state index in [2.05, 4.69) is 0 Å². The fraction of sp³-hybridized carbons (Fsp3) is 0.214. The van der Waals surface area contributed by atoms with Gasteiger partial charge < -0.3 is 9.84 Å². The molecule has 0 radical (unpaired) electrons. The maximum atomic E-state index is 11.6. The van der Waals surface area contributed by atoms with Crippen molar-refractivity contribution in [3.63, 3.8) is 0 Å². The topological polar surface area (TPSA) is 87.4 Å². The van der Waals surface area contributed by atoms with Gasteiger partial charge >= 0.3 is 11.9 Å². The van der Waals surface area contributed by atoms with Gasteiger partial charge in [-0.25, -0.2) is 9.59 Å². The molecule has 5 nitrogen and oxygen atoms in total. The van der Waals surface area contributed by atoms with E-state index >= 15 is 0 Å². The second-order valence-electron chi connectivity index (χ2n) is 4.02. The molecular formula is C14H13NO4. The highest BCUT2D eigenvalue weighted by molar-refractivity contribution is 6.00. The second-order valence-corrected chi connectivity index (χ2v) is 4.02. The number of aromatic carboxylic acids is 1. The predicted octanol–water partition coefficient (Wildman–Crippen LogP) is 2.24. The molecule has 1 rings (SSSR count). The van der Waals surface area contributed by atoms with Crippen LogP contribution in [-0.2, 0) is 9.53 Å². The number of carbonyl (C=O) groups is 2. The number of nitriles is 1. The molecule has 19 heavy (non-hydrogen) atoms. The van der Waals surface area contributed by atoms with E-state index in [0.29, 0.717) is 0 Å². The molecular weight excluding hydrogens is 246 g/mol. The Morgan fingerprint density at radius 1 is 1.37 bits per heavy atom. The molecule has 0 amide bonds. The van der Waals surface area contributed by atoms with E-state index in [4.69, 9.17) is 15.1 Å². The van der Waals surface area contributed by atoms with Gasteiger partial charge in [0.15, 0.2) is 0 Å². The van der Waals surface area contributed by atoms with Gasteiger partial charge in [0.05, 0.1) is 11.7 Å². The zero-order chi connectivity index (χ0) is 14.4. The maximum Gasteiger partial charge on any atom is 0.349 e. The van der Waals surface area contributed by atoms with E-state index in [1.807, 2.05) is 0 Å². The molecule has 0 saturated carbocycles. The van der Waals surface area contributed by atoms with Crippen LogP contribution in [0.2, 0.25) is 0 Å². The fourth-order valence-electron chi connectivity index (χ4n) is 1.39. The molecule has 0 aliphatic carbocycles. The zero-order valence-electron chi connectivity index (χ0n) is 10.6. The van der Waals surface area contributed by atoms with Crippen LogP contribution in [0.3, 0.4) is 0 Å². The number of esters is 1. The van der Waals surface area contributed by atoms with Crippen LogP contribution in [0.15, 0.2) is 29.8 Å². The summed E-state index contributed by atoms with van der Waals surface area (Å²) in [5.74, 6) is -1.89. The van der Waals surface area contributed by atoms with E-state index in [9.17, 15) is 9.59 Å². The first-order valence-corrected chi connectivity index (χ1v) is 5.60. The van der Waals surface area contributed by atoms with Gasteiger partial charge in [-0.3, -0.25) is 0 Å². The minimum atomic E-state index is -1.12. The number of hydrogen-bond donors (Lipinski definition) is 1. The Labute approximate surface area is 110 Å². The van der Waals surface area contributed by atoms with Crippen LogP contribution >= 0.6 is 0 Å². The highest BCUT2D eigenvalue weighted by Gasteiger charge is 2.14. The smallest absolute Gasteiger partial charge is 0.349 e. The average Bonchev–Trinajstić information content (AvgIpc) is 2.35. The summed E-state index contributed by atoms with van der Waals surface area (Å²) in [4.78, 5) is 22.6. The van der Waals surface area contributed by atoms with Gasteiger partial charge in [0.1, 0.15) is 11.6 Å². The lowest BCUT2D eigenvalue weighted by Crippen LogP contribution is -2.13. The van der Waals surface area contributed by atoms with Crippen molar-refractivity contribution >= 4 is 18.0 Å². The summed E-state index contributed by atoms with van der Waals surface area (Å²) in [5.41, 5.74) is 0.0715. The van der Waals surface area contributed by atoms with Crippen molar-refractivity contribution in [3.8, 4) is 6.07 Å². The lowest BCUT2D eigenvalue weighted by Gasteiger charge is -2.07. The Bertz CT molecular complexity index is 567. The number of rotatable bonds is 4. The van der Waals surface area contributed by atoms with Crippen molar-refractivity contribution in [2.75, 3.05) is 0 Å². The molecule has 0 aromatic heterocycles. The van der Waals surface area contributed by atoms with Crippen LogP contribution in [-0.4, -0.2) is 23.1 Å². The first kappa shape index (κ1) is 14.5. The van der Waals surface area contributed by atoms with Crippen LogP contribution in [0.1, 0.15) is 29.8 Å². The third-order valence-corrected chi connectivity index (χ3v) is 2.17. The Morgan fingerprint density at radius 3 is 2.53 bits per heavy atom. The maximum absolute atomic E-state index is 11.6. The SMILES string of the molecule is CC(C)OC(=O)C(C#N)=Cc1ccccc1C(=O)O. The number of benzene rings is 1. The number of hydrogen-bond acceptors (Lipinski definition) is 4. The molecule has 0 heterocycles. The lowest BCUT2D eigenvalue weighted by molar-refractivity contribution is -0.142. The van der Waals surface area contributed by atoms with Gasteiger partial charge in [-0.1, -0.05) is 18.2 Å². The van der Waals surface area contributed by atoms with Crippen LogP contribution in [0, 0.1) is 11.3 Å². The molecule has 1 aromatic carbocycles. The van der Waals surface area contributed by atoms with E-state index in [1.54, 1.807) is 32.0 Å². The van der Waals surface area contributed by atoms with E-state index < -0.39 is 11.9 Å². The van der Waals surface area contributed by atoms with Crippen molar-refractivity contribution < 1.29 is 19.4 Å². The van der Waals surface area contributed by atoms with Gasteiger partial charge in [0, 0.05) is 0 Å². The number of carbonyl (C=O) groups excluding carboxylic acids is 1. The van der Waals surface area contributed by atoms with Gasteiger partial charge in [-0.2, -0.15) is 5.26 Å². The van der Waals surface area contributed by atoms with Crippen LogP contribution in [0.5, 0.6) is 0 Å². The van der Waals surface area contributed by atoms with Crippen molar-refractivity contribution in [1.82, 2.24) is 0 Å². The van der Waals surface area contributed by atoms with Gasteiger partial charge in [-0.05, 0) is 31.6 Å². The number of nitrogens with zero attached hydrogens (tertiary/aromatic N) is 1. The van der Waals surface area contributed by atoms with E-state index in [1.165, 1.54) is 18.2 Å². The summed E-state index contributed by atoms with van der Waals surface area (Å²) in [6.07, 6.45) is 0.868. The molecule has 0 unspecified atom stereocenters. The largest absolute Gasteiger partial charge is 0.478 e. The van der Waals surface area contributed by atoms with Crippen LogP contribution < -0.4 is 0 Å². The van der Waals surface area contributed by atoms with Crippen molar-refractivity contribution in [2.45, 2.75) is 20.0 Å². The summed E-state index contributed by atoms with van der Waals surface area (Å²) in [7, 11) is 0. The molecule has 0 fully saturated rings. The van der Waals surface area contributed by atoms with E-state index in [-0.39, 0.29) is 22.8 Å². The minimum Gasteiger partial charge on any atom is -0.478 e. The Balaban J connectivity index is 3.16. The summed E-state index contributed by atoms with van der Waals surface area (Å²) < 4.78 is 4.90. The van der Waals surface area contributed by atoms with Crippen LogP contribution in [0.25, 0.3) is 6.08 Å². The second kappa shape index (κ2) is 6.36. The zero-order valence-corrected chi connectivity index (χ0v) is 10.6. The standard InChI is InChI=1S/C14H13NO4/c1-9(2)19-14(18)11(8-15)7-10-5-3-4-6-12(10)13(16)17/h3-7,9H,1-2H3,(H,16,17). The van der Waals surface area contributed by atoms with E-state index in [0.717, 1.165) is 0 Å². The average molecular weight is 259 g/mol. The van der Waals surface area contributed by atoms with Crippen LogP contribution in [0.4, 0.5) is 0 Å². The van der Waals surface area contributed by atoms with Crippen molar-refractivity contribution in [2.24, 2.45) is 0 Å². The summed E-state index contributed by atoms with van der Waals surface area (Å²) >= 11 is 0. The molecule has 0 aliphatic rings. The highest BCUT2D eigenvalue weighted by atomic mass is 16.5. The molecule has 0 atom stereocenters. The summed E-state index contributed by atoms with van der Waals surface area (Å²) in [6, 6.07) is 7.83. The first-order chi connectivity index (χ1) is 8.95. The number of ether oxygens (including phenoxy) is 1. The van der Waals surface area contributed by atoms with Gasteiger partial charge in [0.2, 0.25) is 0 Å². The number of carboxylic acid groups (broad SMARTS) is 1. The summed E-state index contributed by atoms with van der Waals surface area (Å²) in [5, 5.41) is 17.9. The Hall–Kier alpha value is -2.61. The van der Waals surface area contributed by atoms with Crippen molar-refractivity contribution in [1.29, 1.82) is 5.26 Å². The molecule has 0 spiro atoms. The third kappa shape index (κ3) is 3.96. The Kier molecular flexibility index (Phi) is 4.84. The first-order valence-electron chi connectivity index (χ1n) is 5.60. The summed E-state index contributed by atoms with van der Waals surface area (Å²) in [6.45, 7) is 3.33.